The van der Waals surface area contributed by atoms with Crippen LogP contribution in [0.5, 0.6) is 0 Å². The Bertz CT molecular complexity index is 1560. The molecule has 0 unspecified atom stereocenters. The van der Waals surface area contributed by atoms with Gasteiger partial charge in [0, 0.05) is 17.0 Å². The molecule has 0 aliphatic rings. The van der Waals surface area contributed by atoms with Crippen LogP contribution in [0.4, 0.5) is 4.39 Å². The Hall–Kier alpha value is -4.00. The molecular weight excluding hydrogens is 419 g/mol. The predicted molar refractivity (Wildman–Crippen MR) is 125 cm³/mol. The van der Waals surface area contributed by atoms with Gasteiger partial charge in [-0.15, -0.1) is 0 Å². The van der Waals surface area contributed by atoms with E-state index in [9.17, 15) is 9.18 Å². The maximum atomic E-state index is 14.0. The molecule has 5 aromatic rings. The van der Waals surface area contributed by atoms with E-state index in [1.807, 2.05) is 52.0 Å². The minimum Gasteiger partial charge on any atom is -0.441 e. The van der Waals surface area contributed by atoms with E-state index in [4.69, 9.17) is 4.42 Å². The van der Waals surface area contributed by atoms with Gasteiger partial charge in [0.15, 0.2) is 0 Å². The van der Waals surface area contributed by atoms with Gasteiger partial charge in [0.05, 0.1) is 17.9 Å². The molecule has 0 fully saturated rings. The van der Waals surface area contributed by atoms with E-state index in [1.54, 1.807) is 27.4 Å². The molecule has 0 N–H and O–H groups in total. The number of halogens is 1. The van der Waals surface area contributed by atoms with Crippen LogP contribution in [0.2, 0.25) is 0 Å². The lowest BCUT2D eigenvalue weighted by Gasteiger charge is -2.11. The lowest BCUT2D eigenvalue weighted by Crippen LogP contribution is -2.23. The van der Waals surface area contributed by atoms with Crippen LogP contribution in [-0.2, 0) is 6.54 Å². The van der Waals surface area contributed by atoms with Crippen LogP contribution in [0.15, 0.2) is 63.8 Å². The average Bonchev–Trinajstić information content (AvgIpc) is 3.31. The van der Waals surface area contributed by atoms with Crippen molar-refractivity contribution in [3.05, 3.63) is 99.0 Å². The molecule has 0 aliphatic carbocycles. The first-order chi connectivity index (χ1) is 15.8. The zero-order valence-electron chi connectivity index (χ0n) is 18.9. The highest BCUT2D eigenvalue weighted by Crippen LogP contribution is 2.26. The summed E-state index contributed by atoms with van der Waals surface area (Å²) in [5.74, 6) is 0.777. The van der Waals surface area contributed by atoms with Gasteiger partial charge in [0.25, 0.3) is 5.56 Å². The monoisotopic (exact) mass is 442 g/mol. The molecule has 3 aromatic heterocycles. The van der Waals surface area contributed by atoms with Crippen LogP contribution in [-0.4, -0.2) is 19.3 Å². The van der Waals surface area contributed by atoms with Gasteiger partial charge < -0.3 is 4.42 Å². The highest BCUT2D eigenvalue weighted by Gasteiger charge is 2.20. The fraction of sp³-hybridized carbons (Fsp3) is 0.192. The second-order valence-electron chi connectivity index (χ2n) is 8.32. The number of hydrogen-bond donors (Lipinski definition) is 0. The molecule has 5 rings (SSSR count). The topological polar surface area (TPSA) is 65.8 Å². The Morgan fingerprint density at radius 2 is 1.76 bits per heavy atom. The van der Waals surface area contributed by atoms with Gasteiger partial charge in [-0.1, -0.05) is 23.8 Å². The van der Waals surface area contributed by atoms with Crippen LogP contribution in [0.25, 0.3) is 28.2 Å². The minimum atomic E-state index is -0.370. The summed E-state index contributed by atoms with van der Waals surface area (Å²) >= 11 is 0. The highest BCUT2D eigenvalue weighted by atomic mass is 19.1. The molecule has 0 atom stereocenters. The number of fused-ring (bicyclic) bond motifs is 1. The van der Waals surface area contributed by atoms with E-state index >= 15 is 0 Å². The Balaban J connectivity index is 1.68. The van der Waals surface area contributed by atoms with E-state index in [0.29, 0.717) is 28.7 Å². The number of benzene rings is 2. The summed E-state index contributed by atoms with van der Waals surface area (Å²) in [6.07, 6.45) is 0. The maximum Gasteiger partial charge on any atom is 0.252 e. The molecule has 0 saturated heterocycles. The molecular formula is C26H23FN4O2. The fourth-order valence-electron chi connectivity index (χ4n) is 4.15. The third kappa shape index (κ3) is 3.65. The van der Waals surface area contributed by atoms with E-state index in [-0.39, 0.29) is 17.9 Å². The van der Waals surface area contributed by atoms with E-state index in [2.05, 4.69) is 10.1 Å². The van der Waals surface area contributed by atoms with Crippen LogP contribution < -0.4 is 5.56 Å². The smallest absolute Gasteiger partial charge is 0.252 e. The number of rotatable bonds is 4. The number of aromatic nitrogens is 4. The van der Waals surface area contributed by atoms with Crippen LogP contribution in [0, 0.1) is 33.5 Å². The van der Waals surface area contributed by atoms with Crippen molar-refractivity contribution in [3.8, 4) is 17.1 Å². The van der Waals surface area contributed by atoms with Gasteiger partial charge >= 0.3 is 0 Å². The van der Waals surface area contributed by atoms with Gasteiger partial charge in [-0.3, -0.25) is 9.36 Å². The molecule has 3 heterocycles. The second kappa shape index (κ2) is 7.85. The normalized spacial score (nSPS) is 11.4. The predicted octanol–water partition coefficient (Wildman–Crippen LogP) is 5.26. The molecule has 6 nitrogen and oxygen atoms in total. The molecule has 7 heteroatoms. The Kier molecular flexibility index (Phi) is 4.96. The summed E-state index contributed by atoms with van der Waals surface area (Å²) in [6, 6.07) is 15.7. The summed E-state index contributed by atoms with van der Waals surface area (Å²) in [7, 11) is 0. The van der Waals surface area contributed by atoms with Crippen molar-refractivity contribution in [1.29, 1.82) is 0 Å². The highest BCUT2D eigenvalue weighted by molar-refractivity contribution is 5.83. The standard InChI is InChI=1S/C26H23FN4O2/c1-15-8-10-19(11-9-15)25-28-22(18(4)33-25)14-30-23(32)12-16(2)24-17(3)29-31(26(24)30)21-7-5-6-20(27)13-21/h5-13H,14H2,1-4H3. The van der Waals surface area contributed by atoms with Gasteiger partial charge in [0.1, 0.15) is 22.9 Å². The SMILES string of the molecule is Cc1ccc(-c2nc(Cn3c(=O)cc(C)c4c(C)nn(-c5cccc(F)c5)c43)c(C)o2)cc1. The van der Waals surface area contributed by atoms with Crippen LogP contribution in [0.3, 0.4) is 0 Å². The van der Waals surface area contributed by atoms with Gasteiger partial charge in [-0.25, -0.2) is 14.1 Å². The molecule has 166 valence electrons. The van der Waals surface area contributed by atoms with Crippen LogP contribution >= 0.6 is 0 Å². The van der Waals surface area contributed by atoms with Crippen molar-refractivity contribution in [2.45, 2.75) is 34.2 Å². The Morgan fingerprint density at radius 1 is 1.00 bits per heavy atom. The molecule has 0 bridgehead atoms. The summed E-state index contributed by atoms with van der Waals surface area (Å²) < 4.78 is 23.1. The first-order valence-corrected chi connectivity index (χ1v) is 10.7. The van der Waals surface area contributed by atoms with E-state index in [1.165, 1.54) is 12.1 Å². The summed E-state index contributed by atoms with van der Waals surface area (Å²) in [4.78, 5) is 17.8. The number of pyridine rings is 1. The fourth-order valence-corrected chi connectivity index (χ4v) is 4.15. The lowest BCUT2D eigenvalue weighted by molar-refractivity contribution is 0.537. The zero-order chi connectivity index (χ0) is 23.3. The van der Waals surface area contributed by atoms with Crippen molar-refractivity contribution in [1.82, 2.24) is 19.3 Å². The van der Waals surface area contributed by atoms with Crippen molar-refractivity contribution in [2.75, 3.05) is 0 Å². The van der Waals surface area contributed by atoms with Gasteiger partial charge in [-0.2, -0.15) is 5.10 Å². The van der Waals surface area contributed by atoms with Crippen molar-refractivity contribution in [2.24, 2.45) is 0 Å². The van der Waals surface area contributed by atoms with Gasteiger partial charge in [-0.05, 0) is 63.6 Å². The number of oxazole rings is 1. The zero-order valence-corrected chi connectivity index (χ0v) is 18.9. The maximum absolute atomic E-state index is 14.0. The third-order valence-corrected chi connectivity index (χ3v) is 5.84. The quantitative estimate of drug-likeness (QED) is 0.381. The first kappa shape index (κ1) is 20.9. The van der Waals surface area contributed by atoms with Gasteiger partial charge in [0.2, 0.25) is 5.89 Å². The second-order valence-corrected chi connectivity index (χ2v) is 8.32. The Labute approximate surface area is 189 Å². The lowest BCUT2D eigenvalue weighted by atomic mass is 10.1. The van der Waals surface area contributed by atoms with Crippen molar-refractivity contribution < 1.29 is 8.81 Å². The molecule has 2 aromatic carbocycles. The number of aryl methyl sites for hydroxylation is 4. The first-order valence-electron chi connectivity index (χ1n) is 10.7. The largest absolute Gasteiger partial charge is 0.441 e. The summed E-state index contributed by atoms with van der Waals surface area (Å²) in [5.41, 5.74) is 5.22. The molecule has 0 saturated carbocycles. The van der Waals surface area contributed by atoms with E-state index < -0.39 is 0 Å². The molecule has 0 radical (unpaired) electrons. The third-order valence-electron chi connectivity index (χ3n) is 5.84. The molecule has 0 amide bonds. The molecule has 33 heavy (non-hydrogen) atoms. The molecule has 0 spiro atoms. The molecule has 0 aliphatic heterocycles. The van der Waals surface area contributed by atoms with Crippen molar-refractivity contribution >= 4 is 11.0 Å². The summed E-state index contributed by atoms with van der Waals surface area (Å²) in [6.45, 7) is 7.84. The van der Waals surface area contributed by atoms with Crippen molar-refractivity contribution in [3.63, 3.8) is 0 Å². The van der Waals surface area contributed by atoms with Crippen LogP contribution in [0.1, 0.15) is 28.3 Å². The number of nitrogens with zero attached hydrogens (tertiary/aromatic N) is 4. The number of hydrogen-bond acceptors (Lipinski definition) is 4. The Morgan fingerprint density at radius 3 is 2.48 bits per heavy atom. The minimum absolute atomic E-state index is 0.183. The average molecular weight is 442 g/mol. The van der Waals surface area contributed by atoms with E-state index in [0.717, 1.165) is 27.8 Å². The summed E-state index contributed by atoms with van der Waals surface area (Å²) in [5, 5.41) is 5.50.